The zero-order chi connectivity index (χ0) is 19.9. The Morgan fingerprint density at radius 1 is 0.828 bits per heavy atom. The first-order valence-electron chi connectivity index (χ1n) is 9.21. The minimum Gasteiger partial charge on any atom is -0.392 e. The number of hydrogen-bond acceptors (Lipinski definition) is 7. The SMILES string of the molecule is OCc1cccc(Nc2ncnc(-c3cccnc3NCc3ccccc3)n2)c1. The van der Waals surface area contributed by atoms with E-state index in [1.165, 1.54) is 6.33 Å². The lowest BCUT2D eigenvalue weighted by Crippen LogP contribution is -2.05. The first kappa shape index (κ1) is 18.5. The van der Waals surface area contributed by atoms with E-state index in [2.05, 4.69) is 42.7 Å². The fourth-order valence-electron chi connectivity index (χ4n) is 2.87. The van der Waals surface area contributed by atoms with Crippen molar-refractivity contribution in [3.8, 4) is 11.4 Å². The largest absolute Gasteiger partial charge is 0.392 e. The van der Waals surface area contributed by atoms with Crippen molar-refractivity contribution in [1.29, 1.82) is 0 Å². The number of nitrogens with one attached hydrogen (secondary N) is 2. The van der Waals surface area contributed by atoms with Gasteiger partial charge in [-0.1, -0.05) is 42.5 Å². The van der Waals surface area contributed by atoms with Gasteiger partial charge in [-0.3, -0.25) is 0 Å². The number of aliphatic hydroxyl groups excluding tert-OH is 1. The second kappa shape index (κ2) is 8.90. The molecule has 3 N–H and O–H groups in total. The summed E-state index contributed by atoms with van der Waals surface area (Å²) >= 11 is 0. The molecule has 0 bridgehead atoms. The van der Waals surface area contributed by atoms with Crippen LogP contribution < -0.4 is 10.6 Å². The molecule has 4 rings (SSSR count). The van der Waals surface area contributed by atoms with Crippen LogP contribution in [0.2, 0.25) is 0 Å². The average molecular weight is 384 g/mol. The number of aliphatic hydroxyl groups is 1. The van der Waals surface area contributed by atoms with Crippen molar-refractivity contribution in [1.82, 2.24) is 19.9 Å². The summed E-state index contributed by atoms with van der Waals surface area (Å²) in [6.45, 7) is 0.624. The predicted molar refractivity (Wildman–Crippen MR) is 112 cm³/mol. The van der Waals surface area contributed by atoms with E-state index in [0.29, 0.717) is 24.1 Å². The lowest BCUT2D eigenvalue weighted by atomic mass is 10.2. The smallest absolute Gasteiger partial charge is 0.230 e. The quantitative estimate of drug-likeness (QED) is 0.446. The van der Waals surface area contributed by atoms with Gasteiger partial charge in [-0.25, -0.2) is 15.0 Å². The maximum atomic E-state index is 9.30. The lowest BCUT2D eigenvalue weighted by molar-refractivity contribution is 0.282. The Morgan fingerprint density at radius 3 is 2.55 bits per heavy atom. The Morgan fingerprint density at radius 2 is 1.69 bits per heavy atom. The molecule has 0 fully saturated rings. The Hall–Kier alpha value is -3.84. The van der Waals surface area contributed by atoms with Gasteiger partial charge in [-0.15, -0.1) is 0 Å². The van der Waals surface area contributed by atoms with E-state index < -0.39 is 0 Å². The van der Waals surface area contributed by atoms with Gasteiger partial charge in [0.15, 0.2) is 5.82 Å². The first-order chi connectivity index (χ1) is 14.3. The summed E-state index contributed by atoms with van der Waals surface area (Å²) < 4.78 is 0. The highest BCUT2D eigenvalue weighted by Crippen LogP contribution is 2.24. The molecule has 2 heterocycles. The third-order valence-electron chi connectivity index (χ3n) is 4.29. The number of pyridine rings is 1. The maximum absolute atomic E-state index is 9.30. The Kier molecular flexibility index (Phi) is 5.68. The number of hydrogen-bond donors (Lipinski definition) is 3. The number of rotatable bonds is 7. The molecule has 4 aromatic rings. The van der Waals surface area contributed by atoms with E-state index in [1.807, 2.05) is 54.6 Å². The van der Waals surface area contributed by atoms with Gasteiger partial charge in [-0.05, 0) is 35.4 Å². The summed E-state index contributed by atoms with van der Waals surface area (Å²) in [6, 6.07) is 21.3. The van der Waals surface area contributed by atoms with Crippen LogP contribution in [0.3, 0.4) is 0 Å². The predicted octanol–water partition coefficient (Wildman–Crippen LogP) is 3.78. The molecule has 2 aromatic carbocycles. The van der Waals surface area contributed by atoms with Crippen LogP contribution in [0.15, 0.2) is 79.3 Å². The molecule has 144 valence electrons. The van der Waals surface area contributed by atoms with Gasteiger partial charge < -0.3 is 15.7 Å². The summed E-state index contributed by atoms with van der Waals surface area (Å²) in [4.78, 5) is 17.5. The number of aromatic nitrogens is 4. The molecule has 0 spiro atoms. The summed E-state index contributed by atoms with van der Waals surface area (Å²) in [5.41, 5.74) is 3.55. The second-order valence-corrected chi connectivity index (χ2v) is 6.35. The molecule has 0 radical (unpaired) electrons. The highest BCUT2D eigenvalue weighted by molar-refractivity contribution is 5.70. The van der Waals surface area contributed by atoms with Crippen LogP contribution >= 0.6 is 0 Å². The molecule has 0 aliphatic heterocycles. The molecule has 0 amide bonds. The topological polar surface area (TPSA) is 95.9 Å². The summed E-state index contributed by atoms with van der Waals surface area (Å²) in [5, 5.41) is 15.8. The fraction of sp³-hybridized carbons (Fsp3) is 0.0909. The average Bonchev–Trinajstić information content (AvgIpc) is 2.79. The van der Waals surface area contributed by atoms with E-state index in [1.54, 1.807) is 6.20 Å². The van der Waals surface area contributed by atoms with E-state index in [0.717, 1.165) is 22.4 Å². The fourth-order valence-corrected chi connectivity index (χ4v) is 2.87. The van der Waals surface area contributed by atoms with Crippen molar-refractivity contribution in [2.75, 3.05) is 10.6 Å². The molecule has 7 nitrogen and oxygen atoms in total. The molecule has 0 saturated carbocycles. The third kappa shape index (κ3) is 4.72. The van der Waals surface area contributed by atoms with Gasteiger partial charge in [0, 0.05) is 18.4 Å². The van der Waals surface area contributed by atoms with Crippen LogP contribution in [-0.4, -0.2) is 25.0 Å². The van der Waals surface area contributed by atoms with Crippen LogP contribution in [0.4, 0.5) is 17.5 Å². The summed E-state index contributed by atoms with van der Waals surface area (Å²) in [7, 11) is 0. The number of nitrogens with zero attached hydrogens (tertiary/aromatic N) is 4. The molecule has 0 unspecified atom stereocenters. The van der Waals surface area contributed by atoms with E-state index in [4.69, 9.17) is 0 Å². The van der Waals surface area contributed by atoms with Crippen LogP contribution in [0, 0.1) is 0 Å². The zero-order valence-corrected chi connectivity index (χ0v) is 15.7. The van der Waals surface area contributed by atoms with Crippen molar-refractivity contribution < 1.29 is 5.11 Å². The van der Waals surface area contributed by atoms with Gasteiger partial charge in [-0.2, -0.15) is 4.98 Å². The van der Waals surface area contributed by atoms with Crippen molar-refractivity contribution in [3.63, 3.8) is 0 Å². The van der Waals surface area contributed by atoms with Crippen LogP contribution in [0.5, 0.6) is 0 Å². The monoisotopic (exact) mass is 384 g/mol. The van der Waals surface area contributed by atoms with Gasteiger partial charge in [0.1, 0.15) is 12.1 Å². The molecule has 0 aliphatic rings. The molecular weight excluding hydrogens is 364 g/mol. The standard InChI is InChI=1S/C22H20N6O/c29-14-17-8-4-9-18(12-17)27-22-26-15-25-21(28-22)19-10-5-11-23-20(19)24-13-16-6-2-1-3-7-16/h1-12,15,29H,13-14H2,(H,23,24)(H,25,26,27,28). The van der Waals surface area contributed by atoms with Gasteiger partial charge >= 0.3 is 0 Å². The molecular formula is C22H20N6O. The van der Waals surface area contributed by atoms with Gasteiger partial charge in [0.2, 0.25) is 5.95 Å². The third-order valence-corrected chi connectivity index (χ3v) is 4.29. The molecule has 29 heavy (non-hydrogen) atoms. The Balaban J connectivity index is 1.56. The lowest BCUT2D eigenvalue weighted by Gasteiger charge is -2.11. The molecule has 2 aromatic heterocycles. The molecule has 0 saturated heterocycles. The molecule has 0 atom stereocenters. The second-order valence-electron chi connectivity index (χ2n) is 6.35. The molecule has 0 aliphatic carbocycles. The number of benzene rings is 2. The minimum atomic E-state index is -0.0237. The van der Waals surface area contributed by atoms with Crippen molar-refractivity contribution in [2.45, 2.75) is 13.2 Å². The number of anilines is 3. The first-order valence-corrected chi connectivity index (χ1v) is 9.21. The van der Waals surface area contributed by atoms with Crippen LogP contribution in [0.25, 0.3) is 11.4 Å². The van der Waals surface area contributed by atoms with E-state index >= 15 is 0 Å². The summed E-state index contributed by atoms with van der Waals surface area (Å²) in [6.07, 6.45) is 3.20. The van der Waals surface area contributed by atoms with E-state index in [9.17, 15) is 5.11 Å². The minimum absolute atomic E-state index is 0.0237. The normalized spacial score (nSPS) is 10.5. The van der Waals surface area contributed by atoms with Crippen molar-refractivity contribution in [3.05, 3.63) is 90.4 Å². The van der Waals surface area contributed by atoms with Gasteiger partial charge in [0.25, 0.3) is 0 Å². The highest BCUT2D eigenvalue weighted by atomic mass is 16.3. The zero-order valence-electron chi connectivity index (χ0n) is 15.7. The van der Waals surface area contributed by atoms with Crippen LogP contribution in [-0.2, 0) is 13.2 Å². The van der Waals surface area contributed by atoms with Crippen molar-refractivity contribution >= 4 is 17.5 Å². The van der Waals surface area contributed by atoms with Crippen molar-refractivity contribution in [2.24, 2.45) is 0 Å². The Bertz CT molecular complexity index is 1090. The Labute approximate surface area is 168 Å². The van der Waals surface area contributed by atoms with Gasteiger partial charge in [0.05, 0.1) is 12.2 Å². The summed E-state index contributed by atoms with van der Waals surface area (Å²) in [5.74, 6) is 1.64. The van der Waals surface area contributed by atoms with E-state index in [-0.39, 0.29) is 6.61 Å². The van der Waals surface area contributed by atoms with Crippen LogP contribution in [0.1, 0.15) is 11.1 Å². The maximum Gasteiger partial charge on any atom is 0.230 e. The molecule has 7 heteroatoms. The highest BCUT2D eigenvalue weighted by Gasteiger charge is 2.10.